The fraction of sp³-hybridized carbons (Fsp3) is 0.263. The zero-order valence-electron chi connectivity index (χ0n) is 14.6. The van der Waals surface area contributed by atoms with Crippen LogP contribution >= 0.6 is 0 Å². The number of carboxylic acid groups (broad SMARTS) is 1. The number of likely N-dealkylation sites (N-methyl/N-ethyl adjacent to an activating group) is 1. The smallest absolute Gasteiger partial charge is 0.341 e. The number of ether oxygens (including phenoxy) is 2. The van der Waals surface area contributed by atoms with E-state index in [4.69, 9.17) is 14.6 Å². The van der Waals surface area contributed by atoms with Crippen molar-refractivity contribution in [2.24, 2.45) is 0 Å². The first-order valence-electron chi connectivity index (χ1n) is 7.89. The molecule has 26 heavy (non-hydrogen) atoms. The summed E-state index contributed by atoms with van der Waals surface area (Å²) < 4.78 is 23.6. The highest BCUT2D eigenvalue weighted by Gasteiger charge is 2.14. The van der Waals surface area contributed by atoms with Crippen LogP contribution in [0.2, 0.25) is 0 Å². The third-order valence-electron chi connectivity index (χ3n) is 3.72. The average Bonchev–Trinajstić information content (AvgIpc) is 2.61. The molecular formula is C19H20FNO5. The van der Waals surface area contributed by atoms with Crippen molar-refractivity contribution in [1.29, 1.82) is 0 Å². The molecule has 0 heterocycles. The van der Waals surface area contributed by atoms with Crippen LogP contribution in [-0.4, -0.2) is 42.6 Å². The van der Waals surface area contributed by atoms with E-state index in [1.54, 1.807) is 31.3 Å². The Hall–Kier alpha value is -3.09. The first-order chi connectivity index (χ1) is 12.4. The molecule has 1 N–H and O–H groups in total. The number of hydrogen-bond donors (Lipinski definition) is 1. The number of methoxy groups -OCH3 is 1. The average molecular weight is 361 g/mol. The Kier molecular flexibility index (Phi) is 6.54. The van der Waals surface area contributed by atoms with Gasteiger partial charge in [0, 0.05) is 19.2 Å². The van der Waals surface area contributed by atoms with Crippen LogP contribution in [0.5, 0.6) is 11.5 Å². The second-order valence-electron chi connectivity index (χ2n) is 5.71. The molecule has 0 aromatic heterocycles. The molecule has 138 valence electrons. The van der Waals surface area contributed by atoms with Crippen molar-refractivity contribution in [3.63, 3.8) is 0 Å². The van der Waals surface area contributed by atoms with Crippen molar-refractivity contribution >= 4 is 11.9 Å². The molecule has 0 atom stereocenters. The van der Waals surface area contributed by atoms with Crippen LogP contribution < -0.4 is 9.47 Å². The third kappa shape index (κ3) is 5.47. The number of hydrogen-bond acceptors (Lipinski definition) is 4. The van der Waals surface area contributed by atoms with Crippen LogP contribution in [0.4, 0.5) is 4.39 Å². The van der Waals surface area contributed by atoms with Gasteiger partial charge in [0.25, 0.3) is 0 Å². The van der Waals surface area contributed by atoms with Crippen molar-refractivity contribution in [1.82, 2.24) is 4.90 Å². The molecule has 2 rings (SSSR count). The van der Waals surface area contributed by atoms with Crippen LogP contribution in [0, 0.1) is 5.82 Å². The summed E-state index contributed by atoms with van der Waals surface area (Å²) in [5.41, 5.74) is 1.34. The monoisotopic (exact) mass is 361 g/mol. The van der Waals surface area contributed by atoms with Gasteiger partial charge in [0.05, 0.1) is 13.5 Å². The Morgan fingerprint density at radius 1 is 1.15 bits per heavy atom. The molecule has 0 aliphatic rings. The van der Waals surface area contributed by atoms with E-state index in [2.05, 4.69) is 0 Å². The van der Waals surface area contributed by atoms with Gasteiger partial charge in [-0.2, -0.15) is 0 Å². The SMILES string of the molecule is COc1ccc(F)cc1CC(=O)N(C)Cc1ccc(OCC(=O)O)cc1. The Balaban J connectivity index is 1.96. The van der Waals surface area contributed by atoms with Crippen molar-refractivity contribution in [3.8, 4) is 11.5 Å². The molecule has 2 aromatic rings. The fourth-order valence-electron chi connectivity index (χ4n) is 2.38. The summed E-state index contributed by atoms with van der Waals surface area (Å²) in [5.74, 6) is -0.747. The Labute approximate surface area is 150 Å². The summed E-state index contributed by atoms with van der Waals surface area (Å²) >= 11 is 0. The number of halogens is 1. The van der Waals surface area contributed by atoms with Crippen molar-refractivity contribution in [2.45, 2.75) is 13.0 Å². The Morgan fingerprint density at radius 3 is 2.46 bits per heavy atom. The molecule has 0 aliphatic carbocycles. The van der Waals surface area contributed by atoms with E-state index in [0.717, 1.165) is 5.56 Å². The molecule has 0 radical (unpaired) electrons. The lowest BCUT2D eigenvalue weighted by Crippen LogP contribution is -2.27. The number of aliphatic carboxylic acids is 1. The standard InChI is InChI=1S/C19H20FNO5/c1-21(11-13-3-6-16(7-4-13)26-12-19(23)24)18(22)10-14-9-15(20)5-8-17(14)25-2/h3-9H,10-12H2,1-2H3,(H,23,24). The summed E-state index contributed by atoms with van der Waals surface area (Å²) in [6.45, 7) is -0.0527. The fourth-order valence-corrected chi connectivity index (χ4v) is 2.38. The summed E-state index contributed by atoms with van der Waals surface area (Å²) in [6, 6.07) is 10.9. The molecule has 0 unspecified atom stereocenters. The predicted octanol–water partition coefficient (Wildman–Crippen LogP) is 2.50. The Bertz CT molecular complexity index is 776. The molecular weight excluding hydrogens is 341 g/mol. The summed E-state index contributed by atoms with van der Waals surface area (Å²) in [5, 5.41) is 8.58. The van der Waals surface area contributed by atoms with Crippen LogP contribution in [0.3, 0.4) is 0 Å². The van der Waals surface area contributed by atoms with E-state index in [1.165, 1.54) is 30.2 Å². The number of nitrogens with zero attached hydrogens (tertiary/aromatic N) is 1. The number of benzene rings is 2. The maximum Gasteiger partial charge on any atom is 0.341 e. The lowest BCUT2D eigenvalue weighted by atomic mass is 10.1. The minimum atomic E-state index is -1.05. The van der Waals surface area contributed by atoms with Gasteiger partial charge >= 0.3 is 5.97 Å². The zero-order chi connectivity index (χ0) is 19.1. The number of carbonyl (C=O) groups excluding carboxylic acids is 1. The van der Waals surface area contributed by atoms with Crippen molar-refractivity contribution in [3.05, 3.63) is 59.4 Å². The maximum absolute atomic E-state index is 13.4. The first-order valence-corrected chi connectivity index (χ1v) is 7.89. The molecule has 6 nitrogen and oxygen atoms in total. The Morgan fingerprint density at radius 2 is 1.85 bits per heavy atom. The lowest BCUT2D eigenvalue weighted by Gasteiger charge is -2.18. The highest BCUT2D eigenvalue weighted by Crippen LogP contribution is 2.21. The van der Waals surface area contributed by atoms with E-state index in [9.17, 15) is 14.0 Å². The van der Waals surface area contributed by atoms with Crippen molar-refractivity contribution < 1.29 is 28.6 Å². The van der Waals surface area contributed by atoms with Crippen LogP contribution in [-0.2, 0) is 22.6 Å². The lowest BCUT2D eigenvalue weighted by molar-refractivity contribution is -0.139. The molecule has 2 aromatic carbocycles. The normalized spacial score (nSPS) is 10.3. The highest BCUT2D eigenvalue weighted by atomic mass is 19.1. The predicted molar refractivity (Wildman–Crippen MR) is 92.7 cm³/mol. The number of carboxylic acids is 1. The van der Waals surface area contributed by atoms with Crippen LogP contribution in [0.1, 0.15) is 11.1 Å². The largest absolute Gasteiger partial charge is 0.496 e. The minimum Gasteiger partial charge on any atom is -0.496 e. The van der Waals surface area contributed by atoms with Gasteiger partial charge in [-0.15, -0.1) is 0 Å². The topological polar surface area (TPSA) is 76.1 Å². The quantitative estimate of drug-likeness (QED) is 0.782. The maximum atomic E-state index is 13.4. The van der Waals surface area contributed by atoms with E-state index in [1.807, 2.05) is 0 Å². The van der Waals surface area contributed by atoms with Gasteiger partial charge < -0.3 is 19.5 Å². The van der Waals surface area contributed by atoms with E-state index in [-0.39, 0.29) is 12.3 Å². The second kappa shape index (κ2) is 8.84. The number of rotatable bonds is 8. The van der Waals surface area contributed by atoms with Gasteiger partial charge in [-0.3, -0.25) is 4.79 Å². The molecule has 0 saturated heterocycles. The number of carbonyl (C=O) groups is 2. The molecule has 7 heteroatoms. The third-order valence-corrected chi connectivity index (χ3v) is 3.72. The van der Waals surface area contributed by atoms with Crippen molar-refractivity contribution in [2.75, 3.05) is 20.8 Å². The molecule has 0 spiro atoms. The minimum absolute atomic E-state index is 0.0250. The molecule has 1 amide bonds. The van der Waals surface area contributed by atoms with Gasteiger partial charge in [-0.05, 0) is 35.9 Å². The van der Waals surface area contributed by atoms with Gasteiger partial charge in [-0.25, -0.2) is 9.18 Å². The van der Waals surface area contributed by atoms with Gasteiger partial charge in [-0.1, -0.05) is 12.1 Å². The van der Waals surface area contributed by atoms with Gasteiger partial charge in [0.1, 0.15) is 17.3 Å². The second-order valence-corrected chi connectivity index (χ2v) is 5.71. The van der Waals surface area contributed by atoms with E-state index >= 15 is 0 Å². The first kappa shape index (κ1) is 19.2. The summed E-state index contributed by atoms with van der Waals surface area (Å²) in [4.78, 5) is 24.4. The van der Waals surface area contributed by atoms with E-state index in [0.29, 0.717) is 23.6 Å². The molecule has 0 aliphatic heterocycles. The van der Waals surface area contributed by atoms with E-state index < -0.39 is 18.4 Å². The number of amides is 1. The van der Waals surface area contributed by atoms with Crippen LogP contribution in [0.15, 0.2) is 42.5 Å². The van der Waals surface area contributed by atoms with Gasteiger partial charge in [0.15, 0.2) is 6.61 Å². The van der Waals surface area contributed by atoms with Crippen LogP contribution in [0.25, 0.3) is 0 Å². The molecule has 0 saturated carbocycles. The zero-order valence-corrected chi connectivity index (χ0v) is 14.6. The summed E-state index contributed by atoms with van der Waals surface area (Å²) in [7, 11) is 3.13. The highest BCUT2D eigenvalue weighted by molar-refractivity contribution is 5.79. The molecule has 0 fully saturated rings. The molecule has 0 bridgehead atoms. The summed E-state index contributed by atoms with van der Waals surface area (Å²) in [6.07, 6.45) is 0.0250. The van der Waals surface area contributed by atoms with Gasteiger partial charge in [0.2, 0.25) is 5.91 Å².